The van der Waals surface area contributed by atoms with Crippen LogP contribution in [-0.2, 0) is 11.3 Å². The summed E-state index contributed by atoms with van der Waals surface area (Å²) in [6.07, 6.45) is 1.44. The summed E-state index contributed by atoms with van der Waals surface area (Å²) in [7, 11) is 0. The monoisotopic (exact) mass is 278 g/mol. The van der Waals surface area contributed by atoms with Crippen LogP contribution in [0.1, 0.15) is 10.6 Å². The van der Waals surface area contributed by atoms with Crippen LogP contribution < -0.4 is 16.6 Å². The third-order valence-electron chi connectivity index (χ3n) is 2.60. The normalized spacial score (nSPS) is 10.4. The summed E-state index contributed by atoms with van der Waals surface area (Å²) >= 11 is 1.41. The van der Waals surface area contributed by atoms with Crippen molar-refractivity contribution in [2.45, 2.75) is 20.4 Å². The molecular formula is C12H14N4O2S. The third kappa shape index (κ3) is 3.19. The number of nitrogens with one attached hydrogen (secondary N) is 1. The van der Waals surface area contributed by atoms with E-state index >= 15 is 0 Å². The molecule has 100 valence electrons. The van der Waals surface area contributed by atoms with Gasteiger partial charge in [-0.05, 0) is 19.9 Å². The minimum absolute atomic E-state index is 0.0818. The van der Waals surface area contributed by atoms with Gasteiger partial charge in [0.15, 0.2) is 5.13 Å². The molecule has 0 fully saturated rings. The lowest BCUT2D eigenvalue weighted by molar-refractivity contribution is -0.116. The van der Waals surface area contributed by atoms with Gasteiger partial charge in [-0.2, -0.15) is 0 Å². The predicted molar refractivity (Wildman–Crippen MR) is 75.3 cm³/mol. The summed E-state index contributed by atoms with van der Waals surface area (Å²) in [5.74, 6) is -0.304. The van der Waals surface area contributed by atoms with Gasteiger partial charge >= 0.3 is 0 Å². The number of carbonyl (C=O) groups excluding carboxylic acids is 1. The topological polar surface area (TPSA) is 90.0 Å². The van der Waals surface area contributed by atoms with Crippen LogP contribution in [-0.4, -0.2) is 15.5 Å². The van der Waals surface area contributed by atoms with Crippen molar-refractivity contribution in [3.63, 3.8) is 0 Å². The van der Waals surface area contributed by atoms with Crippen molar-refractivity contribution >= 4 is 28.1 Å². The lowest BCUT2D eigenvalue weighted by atomic mass is 10.4. The first-order chi connectivity index (χ1) is 8.95. The molecule has 2 heterocycles. The van der Waals surface area contributed by atoms with E-state index in [1.165, 1.54) is 34.2 Å². The minimum atomic E-state index is -0.304. The molecule has 0 saturated heterocycles. The SMILES string of the molecule is Cc1nc(NC(=O)Cn2cc(N)ccc2=O)sc1C. The van der Waals surface area contributed by atoms with Crippen LogP contribution in [0.25, 0.3) is 0 Å². The van der Waals surface area contributed by atoms with E-state index in [9.17, 15) is 9.59 Å². The molecule has 6 nitrogen and oxygen atoms in total. The van der Waals surface area contributed by atoms with Gasteiger partial charge < -0.3 is 15.6 Å². The van der Waals surface area contributed by atoms with Crippen molar-refractivity contribution in [3.05, 3.63) is 39.3 Å². The minimum Gasteiger partial charge on any atom is -0.398 e. The number of pyridine rings is 1. The highest BCUT2D eigenvalue weighted by molar-refractivity contribution is 7.15. The summed E-state index contributed by atoms with van der Waals surface area (Å²) in [6.45, 7) is 3.73. The number of anilines is 2. The Bertz CT molecular complexity index is 655. The summed E-state index contributed by atoms with van der Waals surface area (Å²) in [5, 5.41) is 3.21. The van der Waals surface area contributed by atoms with Crippen LogP contribution >= 0.6 is 11.3 Å². The molecule has 0 spiro atoms. The van der Waals surface area contributed by atoms with Crippen LogP contribution in [0.2, 0.25) is 0 Å². The zero-order valence-corrected chi connectivity index (χ0v) is 11.5. The Balaban J connectivity index is 2.09. The van der Waals surface area contributed by atoms with E-state index in [4.69, 9.17) is 5.73 Å². The number of rotatable bonds is 3. The van der Waals surface area contributed by atoms with Crippen LogP contribution in [0.4, 0.5) is 10.8 Å². The van der Waals surface area contributed by atoms with Gasteiger partial charge in [-0.3, -0.25) is 9.59 Å². The Morgan fingerprint density at radius 1 is 1.47 bits per heavy atom. The maximum absolute atomic E-state index is 11.8. The first-order valence-electron chi connectivity index (χ1n) is 5.65. The van der Waals surface area contributed by atoms with Gasteiger partial charge in [0, 0.05) is 22.8 Å². The average molecular weight is 278 g/mol. The molecule has 3 N–H and O–H groups in total. The first kappa shape index (κ1) is 13.3. The largest absolute Gasteiger partial charge is 0.398 e. The number of carbonyl (C=O) groups is 1. The fourth-order valence-electron chi connectivity index (χ4n) is 1.51. The van der Waals surface area contributed by atoms with E-state index < -0.39 is 0 Å². The van der Waals surface area contributed by atoms with E-state index in [0.717, 1.165) is 10.6 Å². The fraction of sp³-hybridized carbons (Fsp3) is 0.250. The van der Waals surface area contributed by atoms with Crippen molar-refractivity contribution in [1.82, 2.24) is 9.55 Å². The van der Waals surface area contributed by atoms with Crippen LogP contribution in [0.5, 0.6) is 0 Å². The molecule has 0 atom stereocenters. The second-order valence-electron chi connectivity index (χ2n) is 4.14. The standard InChI is InChI=1S/C12H14N4O2S/c1-7-8(2)19-12(14-7)15-10(17)6-16-5-9(13)3-4-11(16)18/h3-5H,6,13H2,1-2H3,(H,14,15,17). The number of amides is 1. The Labute approximate surface area is 113 Å². The maximum atomic E-state index is 11.8. The highest BCUT2D eigenvalue weighted by atomic mass is 32.1. The van der Waals surface area contributed by atoms with Gasteiger partial charge in [-0.15, -0.1) is 11.3 Å². The molecule has 2 rings (SSSR count). The number of hydrogen-bond acceptors (Lipinski definition) is 5. The second-order valence-corrected chi connectivity index (χ2v) is 5.34. The smallest absolute Gasteiger partial charge is 0.251 e. The Hall–Kier alpha value is -2.15. The van der Waals surface area contributed by atoms with Crippen molar-refractivity contribution in [1.29, 1.82) is 0 Å². The molecule has 0 unspecified atom stereocenters. The second kappa shape index (κ2) is 5.23. The average Bonchev–Trinajstić information content (AvgIpc) is 2.63. The summed E-state index contributed by atoms with van der Waals surface area (Å²) < 4.78 is 1.26. The van der Waals surface area contributed by atoms with Gasteiger partial charge in [0.2, 0.25) is 5.91 Å². The number of nitrogen functional groups attached to an aromatic ring is 1. The molecule has 0 saturated carbocycles. The number of nitrogens with two attached hydrogens (primary N) is 1. The molecule has 0 bridgehead atoms. The first-order valence-corrected chi connectivity index (χ1v) is 6.47. The van der Waals surface area contributed by atoms with Gasteiger partial charge in [-0.1, -0.05) is 0 Å². The molecule has 0 aliphatic carbocycles. The van der Waals surface area contributed by atoms with E-state index in [2.05, 4.69) is 10.3 Å². The zero-order chi connectivity index (χ0) is 14.0. The lowest BCUT2D eigenvalue weighted by Crippen LogP contribution is -2.26. The van der Waals surface area contributed by atoms with Gasteiger partial charge in [0.1, 0.15) is 6.54 Å². The van der Waals surface area contributed by atoms with Gasteiger partial charge in [0.05, 0.1) is 5.69 Å². The molecular weight excluding hydrogens is 264 g/mol. The molecule has 19 heavy (non-hydrogen) atoms. The van der Waals surface area contributed by atoms with Crippen LogP contribution in [0.15, 0.2) is 23.1 Å². The predicted octanol–water partition coefficient (Wildman–Crippen LogP) is 1.14. The van der Waals surface area contributed by atoms with E-state index in [1.54, 1.807) is 0 Å². The number of thiazole rings is 1. The number of nitrogens with zero attached hydrogens (tertiary/aromatic N) is 2. The molecule has 0 aromatic carbocycles. The van der Waals surface area contributed by atoms with Crippen molar-refractivity contribution < 1.29 is 4.79 Å². The van der Waals surface area contributed by atoms with E-state index in [-0.39, 0.29) is 18.0 Å². The molecule has 0 aliphatic rings. The summed E-state index contributed by atoms with van der Waals surface area (Å²) in [4.78, 5) is 28.6. The molecule has 0 aliphatic heterocycles. The fourth-order valence-corrected chi connectivity index (χ4v) is 2.34. The summed E-state index contributed by atoms with van der Waals surface area (Å²) in [5.41, 5.74) is 6.64. The molecule has 1 amide bonds. The highest BCUT2D eigenvalue weighted by Crippen LogP contribution is 2.20. The van der Waals surface area contributed by atoms with Gasteiger partial charge in [0.25, 0.3) is 5.56 Å². The zero-order valence-electron chi connectivity index (χ0n) is 10.6. The number of hydrogen-bond donors (Lipinski definition) is 2. The number of aromatic nitrogens is 2. The maximum Gasteiger partial charge on any atom is 0.251 e. The lowest BCUT2D eigenvalue weighted by Gasteiger charge is -2.05. The summed E-state index contributed by atoms with van der Waals surface area (Å²) in [6, 6.07) is 2.84. The van der Waals surface area contributed by atoms with Gasteiger partial charge in [-0.25, -0.2) is 4.98 Å². The molecule has 7 heteroatoms. The van der Waals surface area contributed by atoms with E-state index in [0.29, 0.717) is 10.8 Å². The van der Waals surface area contributed by atoms with Crippen LogP contribution in [0, 0.1) is 13.8 Å². The molecule has 2 aromatic rings. The molecule has 0 radical (unpaired) electrons. The highest BCUT2D eigenvalue weighted by Gasteiger charge is 2.09. The van der Waals surface area contributed by atoms with Crippen molar-refractivity contribution in [2.24, 2.45) is 0 Å². The quantitative estimate of drug-likeness (QED) is 0.881. The van der Waals surface area contributed by atoms with Crippen molar-refractivity contribution in [3.8, 4) is 0 Å². The van der Waals surface area contributed by atoms with E-state index in [1.807, 2.05) is 13.8 Å². The third-order valence-corrected chi connectivity index (χ3v) is 3.58. The van der Waals surface area contributed by atoms with Crippen LogP contribution in [0.3, 0.4) is 0 Å². The molecule has 2 aromatic heterocycles. The Morgan fingerprint density at radius 3 is 2.84 bits per heavy atom. The number of aryl methyl sites for hydroxylation is 2. The Kier molecular flexibility index (Phi) is 3.66. The Morgan fingerprint density at radius 2 is 2.21 bits per heavy atom. The van der Waals surface area contributed by atoms with Crippen molar-refractivity contribution in [2.75, 3.05) is 11.1 Å².